The maximum atomic E-state index is 11.7. The van der Waals surface area contributed by atoms with Gasteiger partial charge in [-0.25, -0.2) is 4.79 Å². The number of methoxy groups -OCH3 is 1. The third-order valence-corrected chi connectivity index (χ3v) is 3.27. The van der Waals surface area contributed by atoms with E-state index in [-0.39, 0.29) is 5.56 Å². The predicted molar refractivity (Wildman–Crippen MR) is 67.1 cm³/mol. The summed E-state index contributed by atoms with van der Waals surface area (Å²) in [4.78, 5) is 28.0. The molecule has 0 saturated heterocycles. The Morgan fingerprint density at radius 1 is 1.17 bits per heavy atom. The SMILES string of the molecule is COc1ccc2c(c1)CCc1c-2[nH]c(=O)[nH]c1=O. The Balaban J connectivity index is 2.29. The van der Waals surface area contributed by atoms with Crippen molar-refractivity contribution in [3.63, 3.8) is 0 Å². The lowest BCUT2D eigenvalue weighted by Gasteiger charge is -2.18. The highest BCUT2D eigenvalue weighted by Crippen LogP contribution is 2.31. The van der Waals surface area contributed by atoms with E-state index in [1.165, 1.54) is 0 Å². The molecular weight excluding hydrogens is 232 g/mol. The largest absolute Gasteiger partial charge is 0.497 e. The number of ether oxygens (including phenoxy) is 1. The van der Waals surface area contributed by atoms with E-state index in [0.29, 0.717) is 17.7 Å². The molecule has 2 aromatic rings. The van der Waals surface area contributed by atoms with Gasteiger partial charge in [0, 0.05) is 11.1 Å². The third-order valence-electron chi connectivity index (χ3n) is 3.27. The van der Waals surface area contributed by atoms with Gasteiger partial charge >= 0.3 is 5.69 Å². The Bertz CT molecular complexity index is 728. The lowest BCUT2D eigenvalue weighted by molar-refractivity contribution is 0.414. The van der Waals surface area contributed by atoms with E-state index in [1.807, 2.05) is 18.2 Å². The van der Waals surface area contributed by atoms with Crippen LogP contribution in [0, 0.1) is 0 Å². The van der Waals surface area contributed by atoms with Gasteiger partial charge in [-0.3, -0.25) is 9.78 Å². The highest BCUT2D eigenvalue weighted by Gasteiger charge is 2.20. The second-order valence-corrected chi connectivity index (χ2v) is 4.28. The average molecular weight is 244 g/mol. The molecule has 5 heteroatoms. The molecule has 0 fully saturated rings. The Labute approximate surface area is 102 Å². The first-order valence-corrected chi connectivity index (χ1v) is 5.72. The molecule has 0 spiro atoms. The molecule has 92 valence electrons. The lowest BCUT2D eigenvalue weighted by Crippen LogP contribution is -2.28. The van der Waals surface area contributed by atoms with E-state index in [4.69, 9.17) is 4.74 Å². The summed E-state index contributed by atoms with van der Waals surface area (Å²) >= 11 is 0. The van der Waals surface area contributed by atoms with Crippen molar-refractivity contribution in [2.45, 2.75) is 12.8 Å². The monoisotopic (exact) mass is 244 g/mol. The Hall–Kier alpha value is -2.30. The molecule has 1 aromatic carbocycles. The number of hydrogen-bond acceptors (Lipinski definition) is 3. The van der Waals surface area contributed by atoms with E-state index < -0.39 is 5.69 Å². The van der Waals surface area contributed by atoms with Crippen LogP contribution in [0.2, 0.25) is 0 Å². The number of H-pyrrole nitrogens is 2. The number of benzene rings is 1. The summed E-state index contributed by atoms with van der Waals surface area (Å²) < 4.78 is 5.18. The number of rotatable bonds is 1. The molecule has 18 heavy (non-hydrogen) atoms. The van der Waals surface area contributed by atoms with Gasteiger partial charge in [-0.15, -0.1) is 0 Å². The minimum absolute atomic E-state index is 0.296. The number of aryl methyl sites for hydroxylation is 1. The fraction of sp³-hybridized carbons (Fsp3) is 0.231. The number of nitrogens with one attached hydrogen (secondary N) is 2. The second-order valence-electron chi connectivity index (χ2n) is 4.28. The molecule has 1 aliphatic rings. The summed E-state index contributed by atoms with van der Waals surface area (Å²) in [5, 5.41) is 0. The molecule has 1 aliphatic carbocycles. The summed E-state index contributed by atoms with van der Waals surface area (Å²) in [6.07, 6.45) is 1.40. The zero-order valence-corrected chi connectivity index (χ0v) is 9.87. The molecule has 3 rings (SSSR count). The van der Waals surface area contributed by atoms with E-state index in [2.05, 4.69) is 9.97 Å². The van der Waals surface area contributed by atoms with Crippen LogP contribution in [-0.2, 0) is 12.8 Å². The van der Waals surface area contributed by atoms with Crippen LogP contribution in [0.15, 0.2) is 27.8 Å². The topological polar surface area (TPSA) is 75.0 Å². The molecule has 5 nitrogen and oxygen atoms in total. The highest BCUT2D eigenvalue weighted by molar-refractivity contribution is 5.69. The van der Waals surface area contributed by atoms with Gasteiger partial charge in [0.1, 0.15) is 5.75 Å². The van der Waals surface area contributed by atoms with Crippen LogP contribution in [0.25, 0.3) is 11.3 Å². The van der Waals surface area contributed by atoms with Crippen LogP contribution >= 0.6 is 0 Å². The quantitative estimate of drug-likeness (QED) is 0.780. The summed E-state index contributed by atoms with van der Waals surface area (Å²) in [6, 6.07) is 5.65. The maximum absolute atomic E-state index is 11.7. The first-order valence-electron chi connectivity index (χ1n) is 5.72. The zero-order valence-electron chi connectivity index (χ0n) is 9.87. The predicted octanol–water partition coefficient (Wildman–Crippen LogP) is 0.837. The van der Waals surface area contributed by atoms with Gasteiger partial charge in [0.25, 0.3) is 5.56 Å². The van der Waals surface area contributed by atoms with Crippen molar-refractivity contribution >= 4 is 0 Å². The van der Waals surface area contributed by atoms with Gasteiger partial charge < -0.3 is 9.72 Å². The maximum Gasteiger partial charge on any atom is 0.326 e. The number of fused-ring (bicyclic) bond motifs is 3. The van der Waals surface area contributed by atoms with Gasteiger partial charge in [-0.05, 0) is 36.6 Å². The minimum Gasteiger partial charge on any atom is -0.497 e. The van der Waals surface area contributed by atoms with E-state index in [9.17, 15) is 9.59 Å². The van der Waals surface area contributed by atoms with Crippen molar-refractivity contribution in [3.8, 4) is 17.0 Å². The van der Waals surface area contributed by atoms with Crippen LogP contribution in [-0.4, -0.2) is 17.1 Å². The van der Waals surface area contributed by atoms with Crippen molar-refractivity contribution in [1.82, 2.24) is 9.97 Å². The van der Waals surface area contributed by atoms with E-state index >= 15 is 0 Å². The molecule has 0 amide bonds. The summed E-state index contributed by atoms with van der Waals surface area (Å²) in [5.41, 5.74) is 2.50. The molecule has 0 saturated carbocycles. The standard InChI is InChI=1S/C13H12N2O3/c1-18-8-3-5-9-7(6-8)2-4-10-11(9)14-13(17)15-12(10)16/h3,5-6H,2,4H2,1H3,(H2,14,15,16,17). The van der Waals surface area contributed by atoms with Crippen molar-refractivity contribution in [2.24, 2.45) is 0 Å². The van der Waals surface area contributed by atoms with Crippen LogP contribution in [0.5, 0.6) is 5.75 Å². The highest BCUT2D eigenvalue weighted by atomic mass is 16.5. The second kappa shape index (κ2) is 3.87. The molecule has 0 atom stereocenters. The molecule has 0 radical (unpaired) electrons. The van der Waals surface area contributed by atoms with Crippen molar-refractivity contribution in [3.05, 3.63) is 50.2 Å². The first kappa shape index (κ1) is 10.8. The van der Waals surface area contributed by atoms with Gasteiger partial charge in [-0.2, -0.15) is 0 Å². The normalized spacial score (nSPS) is 12.7. The summed E-state index contributed by atoms with van der Waals surface area (Å²) in [6.45, 7) is 0. The van der Waals surface area contributed by atoms with Crippen LogP contribution in [0.1, 0.15) is 11.1 Å². The minimum atomic E-state index is -0.470. The van der Waals surface area contributed by atoms with Gasteiger partial charge in [0.05, 0.1) is 12.8 Å². The molecule has 0 bridgehead atoms. The van der Waals surface area contributed by atoms with E-state index in [0.717, 1.165) is 23.3 Å². The zero-order chi connectivity index (χ0) is 12.7. The average Bonchev–Trinajstić information content (AvgIpc) is 2.37. The van der Waals surface area contributed by atoms with Crippen LogP contribution in [0.3, 0.4) is 0 Å². The number of aromatic nitrogens is 2. The molecular formula is C13H12N2O3. The Kier molecular flexibility index (Phi) is 2.33. The smallest absolute Gasteiger partial charge is 0.326 e. The van der Waals surface area contributed by atoms with Crippen molar-refractivity contribution in [1.29, 1.82) is 0 Å². The molecule has 1 aromatic heterocycles. The van der Waals surface area contributed by atoms with Crippen molar-refractivity contribution < 1.29 is 4.74 Å². The van der Waals surface area contributed by atoms with Crippen LogP contribution in [0.4, 0.5) is 0 Å². The Morgan fingerprint density at radius 2 is 2.00 bits per heavy atom. The van der Waals surface area contributed by atoms with Gasteiger partial charge in [0.15, 0.2) is 0 Å². The lowest BCUT2D eigenvalue weighted by atomic mass is 9.89. The number of hydrogen-bond donors (Lipinski definition) is 2. The summed E-state index contributed by atoms with van der Waals surface area (Å²) in [5.74, 6) is 0.782. The van der Waals surface area contributed by atoms with Crippen LogP contribution < -0.4 is 16.0 Å². The fourth-order valence-electron chi connectivity index (χ4n) is 2.39. The van der Waals surface area contributed by atoms with Gasteiger partial charge in [0.2, 0.25) is 0 Å². The molecule has 0 aliphatic heterocycles. The van der Waals surface area contributed by atoms with Gasteiger partial charge in [-0.1, -0.05) is 0 Å². The number of aromatic amines is 2. The first-order chi connectivity index (χ1) is 8.69. The Morgan fingerprint density at radius 3 is 2.78 bits per heavy atom. The molecule has 1 heterocycles. The fourth-order valence-corrected chi connectivity index (χ4v) is 2.39. The van der Waals surface area contributed by atoms with E-state index in [1.54, 1.807) is 7.11 Å². The third kappa shape index (κ3) is 1.55. The van der Waals surface area contributed by atoms with Crippen molar-refractivity contribution in [2.75, 3.05) is 7.11 Å². The summed E-state index contributed by atoms with van der Waals surface area (Å²) in [7, 11) is 1.62. The molecule has 0 unspecified atom stereocenters. The molecule has 2 N–H and O–H groups in total.